The van der Waals surface area contributed by atoms with Gasteiger partial charge in [-0.15, -0.1) is 0 Å². The molecule has 0 atom stereocenters. The molecule has 0 saturated carbocycles. The molecule has 4 rings (SSSR count). The topological polar surface area (TPSA) is 18.5 Å². The van der Waals surface area contributed by atoms with Crippen LogP contribution >= 0.6 is 0 Å². The van der Waals surface area contributed by atoms with Crippen molar-refractivity contribution in [2.45, 2.75) is 49.4 Å². The van der Waals surface area contributed by atoms with Crippen LogP contribution in [0, 0.1) is 0 Å². The van der Waals surface area contributed by atoms with E-state index in [4.69, 9.17) is 8.23 Å². The van der Waals surface area contributed by atoms with Crippen LogP contribution in [0.5, 0.6) is 0 Å². The van der Waals surface area contributed by atoms with E-state index in [0.717, 1.165) is 0 Å². The zero-order valence-electron chi connectivity index (χ0n) is 23.8. The average molecular weight is 571 g/mol. The number of hydrogen-bond acceptors (Lipinski definition) is 2. The molecule has 0 bridgehead atoms. The van der Waals surface area contributed by atoms with Crippen molar-refractivity contribution in [2.75, 3.05) is 0 Å². The van der Waals surface area contributed by atoms with Crippen molar-refractivity contribution < 1.29 is 8.23 Å². The minimum atomic E-state index is -1.82. The molecule has 198 valence electrons. The van der Waals surface area contributed by atoms with E-state index < -0.39 is 41.6 Å². The van der Waals surface area contributed by atoms with Crippen molar-refractivity contribution in [1.82, 2.24) is 0 Å². The van der Waals surface area contributed by atoms with E-state index >= 15 is 0 Å². The third kappa shape index (κ3) is 6.11. The summed E-state index contributed by atoms with van der Waals surface area (Å²) < 4.78 is 14.0. The molecule has 0 aliphatic heterocycles. The first-order chi connectivity index (χ1) is 18.1. The van der Waals surface area contributed by atoms with Crippen molar-refractivity contribution in [1.29, 1.82) is 0 Å². The molecule has 38 heavy (non-hydrogen) atoms. The van der Waals surface area contributed by atoms with Crippen LogP contribution in [0.4, 0.5) is 0 Å². The highest BCUT2D eigenvalue weighted by atomic mass is 28.4. The normalized spacial score (nSPS) is 14.8. The van der Waals surface area contributed by atoms with Crippen LogP contribution in [0.25, 0.3) is 0 Å². The van der Waals surface area contributed by atoms with E-state index in [1.807, 2.05) is 0 Å². The van der Waals surface area contributed by atoms with Gasteiger partial charge in [-0.05, 0) is 61.5 Å². The molecule has 0 radical (unpaired) electrons. The summed E-state index contributed by atoms with van der Waals surface area (Å²) in [6, 6.07) is 44.6. The van der Waals surface area contributed by atoms with Crippen LogP contribution in [0.1, 0.15) is 22.3 Å². The first kappa shape index (κ1) is 28.7. The fourth-order valence-electron chi connectivity index (χ4n) is 5.47. The molecule has 0 N–H and O–H groups in total. The highest BCUT2D eigenvalue weighted by Gasteiger charge is 2.57. The predicted octanol–water partition coefficient (Wildman–Crippen LogP) is 6.74. The molecule has 0 fully saturated rings. The second-order valence-electron chi connectivity index (χ2n) is 12.1. The Morgan fingerprint density at radius 1 is 0.421 bits per heavy atom. The quantitative estimate of drug-likeness (QED) is 0.147. The number of hydrogen-bond donors (Lipinski definition) is 0. The minimum absolute atomic E-state index is 0.265. The molecular formula is C32H42O2Si4. The summed E-state index contributed by atoms with van der Waals surface area (Å²) in [6.07, 6.45) is 0. The summed E-state index contributed by atoms with van der Waals surface area (Å²) in [7, 11) is -5.97. The molecule has 2 nitrogen and oxygen atoms in total. The van der Waals surface area contributed by atoms with Gasteiger partial charge in [0.25, 0.3) is 0 Å². The first-order valence-corrected chi connectivity index (χ1v) is 23.0. The van der Waals surface area contributed by atoms with Gasteiger partial charge in [-0.1, -0.05) is 121 Å². The summed E-state index contributed by atoms with van der Waals surface area (Å²) >= 11 is 0. The van der Waals surface area contributed by atoms with Gasteiger partial charge < -0.3 is 8.23 Å². The van der Waals surface area contributed by atoms with Crippen molar-refractivity contribution in [3.63, 3.8) is 0 Å². The van der Waals surface area contributed by atoms with Crippen molar-refractivity contribution in [3.05, 3.63) is 144 Å². The molecule has 0 unspecified atom stereocenters. The molecule has 0 aliphatic carbocycles. The maximum atomic E-state index is 7.13. The summed E-state index contributed by atoms with van der Waals surface area (Å²) in [5.74, 6) is 0. The van der Waals surface area contributed by atoms with Gasteiger partial charge in [-0.25, -0.2) is 0 Å². The fraction of sp³-hybridized carbons (Fsp3) is 0.250. The van der Waals surface area contributed by atoms with Crippen molar-refractivity contribution in [3.8, 4) is 0 Å². The Hall–Kier alpha value is -2.33. The lowest BCUT2D eigenvalue weighted by molar-refractivity contribution is 0.440. The van der Waals surface area contributed by atoms with E-state index in [1.165, 1.54) is 22.3 Å². The van der Waals surface area contributed by atoms with Crippen molar-refractivity contribution in [2.24, 2.45) is 0 Å². The van der Waals surface area contributed by atoms with Gasteiger partial charge in [0.2, 0.25) is 0 Å². The third-order valence-electron chi connectivity index (χ3n) is 7.17. The fourth-order valence-corrected chi connectivity index (χ4v) is 15.5. The third-order valence-corrected chi connectivity index (χ3v) is 19.3. The lowest BCUT2D eigenvalue weighted by Gasteiger charge is -2.53. The molecule has 0 saturated heterocycles. The van der Waals surface area contributed by atoms with Crippen molar-refractivity contribution >= 4 is 36.2 Å². The largest absolute Gasteiger partial charge is 0.460 e. The SMILES string of the molecule is C[Si](C)(C)O[SiH2]C([SiH2]O[Si](C)(C)C)(c1ccccc1)C(c1ccccc1)(c1ccccc1)c1ccccc1. The molecule has 0 amide bonds. The smallest absolute Gasteiger partial charge is 0.169 e. The monoisotopic (exact) mass is 570 g/mol. The van der Waals surface area contributed by atoms with Crippen LogP contribution in [-0.4, -0.2) is 36.2 Å². The molecule has 4 aromatic carbocycles. The first-order valence-electron chi connectivity index (χ1n) is 13.6. The van der Waals surface area contributed by atoms with Crippen LogP contribution < -0.4 is 0 Å². The Balaban J connectivity index is 2.20. The zero-order valence-corrected chi connectivity index (χ0v) is 28.6. The number of rotatable bonds is 11. The summed E-state index contributed by atoms with van der Waals surface area (Å²) in [5, 5.41) is 0. The van der Waals surface area contributed by atoms with Gasteiger partial charge in [0.05, 0.1) is 5.41 Å². The second-order valence-corrected chi connectivity index (χ2v) is 26.8. The van der Waals surface area contributed by atoms with Gasteiger partial charge >= 0.3 is 0 Å². The van der Waals surface area contributed by atoms with Crippen LogP contribution in [0.15, 0.2) is 121 Å². The van der Waals surface area contributed by atoms with Crippen LogP contribution in [0.3, 0.4) is 0 Å². The van der Waals surface area contributed by atoms with E-state index in [9.17, 15) is 0 Å². The lowest BCUT2D eigenvalue weighted by atomic mass is 9.65. The molecule has 0 aliphatic rings. The highest BCUT2D eigenvalue weighted by Crippen LogP contribution is 2.53. The Labute approximate surface area is 236 Å². The minimum Gasteiger partial charge on any atom is -0.460 e. The van der Waals surface area contributed by atoms with Gasteiger partial charge in [-0.3, -0.25) is 0 Å². The van der Waals surface area contributed by atoms with E-state index in [1.54, 1.807) is 0 Å². The maximum absolute atomic E-state index is 7.13. The van der Waals surface area contributed by atoms with E-state index in [2.05, 4.69) is 161 Å². The molecule has 0 heterocycles. The molecule has 0 spiro atoms. The van der Waals surface area contributed by atoms with E-state index in [-0.39, 0.29) is 4.66 Å². The molecule has 4 aromatic rings. The van der Waals surface area contributed by atoms with Crippen LogP contribution in [-0.2, 0) is 18.3 Å². The highest BCUT2D eigenvalue weighted by molar-refractivity contribution is 6.78. The average Bonchev–Trinajstić information content (AvgIpc) is 2.91. The van der Waals surface area contributed by atoms with Gasteiger partial charge in [-0.2, -0.15) is 0 Å². The number of benzene rings is 4. The van der Waals surface area contributed by atoms with Gasteiger partial charge in [0.1, 0.15) is 0 Å². The van der Waals surface area contributed by atoms with E-state index in [0.29, 0.717) is 0 Å². The summed E-state index contributed by atoms with van der Waals surface area (Å²) in [6.45, 7) is 14.0. The Bertz CT molecular complexity index is 1150. The maximum Gasteiger partial charge on any atom is 0.169 e. The molecular weight excluding hydrogens is 529 g/mol. The Morgan fingerprint density at radius 2 is 0.684 bits per heavy atom. The molecule has 6 heteroatoms. The summed E-state index contributed by atoms with van der Waals surface area (Å²) in [5.41, 5.74) is 4.82. The van der Waals surface area contributed by atoms with Crippen LogP contribution in [0.2, 0.25) is 39.3 Å². The predicted molar refractivity (Wildman–Crippen MR) is 173 cm³/mol. The van der Waals surface area contributed by atoms with Gasteiger partial charge in [0, 0.05) is 4.66 Å². The Kier molecular flexibility index (Phi) is 8.92. The standard InChI is InChI=1S/C32H42O2Si4/c1-37(2,3)33-35-32(36-34-38(4,5)6,30-25-17-10-18-26-30)31(27-19-11-7-12-20-27,28-21-13-8-14-22-28)29-23-15-9-16-24-29/h7-26H,35-36H2,1-6H3. The summed E-state index contributed by atoms with van der Waals surface area (Å²) in [4.78, 5) is 0. The Morgan fingerprint density at radius 3 is 0.947 bits per heavy atom. The lowest BCUT2D eigenvalue weighted by Crippen LogP contribution is -2.62. The zero-order chi connectivity index (χ0) is 27.3. The van der Waals surface area contributed by atoms with Gasteiger partial charge in [0.15, 0.2) is 36.2 Å². The molecule has 0 aromatic heterocycles. The second kappa shape index (κ2) is 11.8.